The first-order valence-electron chi connectivity index (χ1n) is 15.2. The number of carbonyl (C=O) groups excluding carboxylic acids is 3. The van der Waals surface area contributed by atoms with Crippen molar-refractivity contribution in [3.63, 3.8) is 0 Å². The van der Waals surface area contributed by atoms with Gasteiger partial charge in [-0.1, -0.05) is 98.5 Å². The summed E-state index contributed by atoms with van der Waals surface area (Å²) < 4.78 is 0. The lowest BCUT2D eigenvalue weighted by atomic mass is 10.0. The number of allylic oxidation sites excluding steroid dienone is 3. The van der Waals surface area contributed by atoms with E-state index in [2.05, 4.69) is 37.4 Å². The summed E-state index contributed by atoms with van der Waals surface area (Å²) in [5.41, 5.74) is 1.32. The molecule has 8 heteroatoms. The summed E-state index contributed by atoms with van der Waals surface area (Å²) in [7, 11) is 3.00. The van der Waals surface area contributed by atoms with Gasteiger partial charge in [-0.15, -0.1) is 0 Å². The Kier molecular flexibility index (Phi) is 82.7. The molecule has 0 aromatic heterocycles. The van der Waals surface area contributed by atoms with Crippen molar-refractivity contribution in [3.05, 3.63) is 23.8 Å². The minimum atomic E-state index is 0.0947. The molecule has 2 amide bonds. The van der Waals surface area contributed by atoms with Crippen LogP contribution < -0.4 is 5.32 Å². The van der Waals surface area contributed by atoms with E-state index < -0.39 is 0 Å². The van der Waals surface area contributed by atoms with E-state index in [-0.39, 0.29) is 11.8 Å². The number of hydrogen-bond donors (Lipinski definition) is 4. The normalized spacial score (nSPS) is 9.70. The van der Waals surface area contributed by atoms with Crippen LogP contribution in [0.2, 0.25) is 0 Å². The fraction of sp³-hybridized carbons (Fsp3) is 0.781. The van der Waals surface area contributed by atoms with Crippen LogP contribution in [-0.2, 0) is 14.4 Å². The number of aliphatic hydroxyl groups is 3. The van der Waals surface area contributed by atoms with Crippen LogP contribution in [0.1, 0.15) is 126 Å². The highest BCUT2D eigenvalue weighted by Crippen LogP contribution is 2.12. The molecule has 0 aromatic rings. The van der Waals surface area contributed by atoms with Gasteiger partial charge in [0.2, 0.25) is 11.8 Å². The standard InChI is InChI=1S/C22H38N2O2.3C2H6.3CH4O.CH2O/c1-3-5-6-10-15-22(26)24(18-4-2)19-11-14-21(25)23-17-16-20-12-8-7-9-13-20;7*1-2/h8,12-13H,3-7,9-11,14-19H2,1-2H3,(H,23,25);3*1-2H3;3*2H,1H3;1H2. The predicted molar refractivity (Wildman–Crippen MR) is 175 cm³/mol. The number of rotatable bonds is 14. The lowest BCUT2D eigenvalue weighted by molar-refractivity contribution is -0.132. The molecule has 4 N–H and O–H groups in total. The third-order valence-corrected chi connectivity index (χ3v) is 4.73. The van der Waals surface area contributed by atoms with Crippen molar-refractivity contribution in [1.82, 2.24) is 10.2 Å². The van der Waals surface area contributed by atoms with Gasteiger partial charge < -0.3 is 30.3 Å². The van der Waals surface area contributed by atoms with Crippen molar-refractivity contribution in [3.8, 4) is 0 Å². The van der Waals surface area contributed by atoms with E-state index in [9.17, 15) is 9.59 Å². The van der Waals surface area contributed by atoms with Crippen LogP contribution in [0.4, 0.5) is 0 Å². The van der Waals surface area contributed by atoms with E-state index >= 15 is 0 Å². The van der Waals surface area contributed by atoms with Gasteiger partial charge in [-0.2, -0.15) is 0 Å². The monoisotopic (exact) mass is 579 g/mol. The van der Waals surface area contributed by atoms with E-state index in [4.69, 9.17) is 20.1 Å². The van der Waals surface area contributed by atoms with Gasteiger partial charge in [0.1, 0.15) is 6.79 Å². The molecule has 0 aliphatic heterocycles. The Morgan fingerprint density at radius 3 is 1.77 bits per heavy atom. The summed E-state index contributed by atoms with van der Waals surface area (Å²) in [6.07, 6.45) is 17.1. The van der Waals surface area contributed by atoms with Gasteiger partial charge in [0.25, 0.3) is 0 Å². The minimum absolute atomic E-state index is 0.0947. The van der Waals surface area contributed by atoms with Crippen LogP contribution in [0, 0.1) is 0 Å². The highest BCUT2D eigenvalue weighted by atomic mass is 16.2. The summed E-state index contributed by atoms with van der Waals surface area (Å²) in [6.45, 7) is 20.5. The van der Waals surface area contributed by atoms with Crippen molar-refractivity contribution in [1.29, 1.82) is 0 Å². The SMILES string of the molecule is C=O.CC.CC.CC.CCCCCCC(=O)N(CCC)CCCC(=O)NCCC1=CCCC=C1.CO.CO.CO. The second-order valence-corrected chi connectivity index (χ2v) is 7.15. The summed E-state index contributed by atoms with van der Waals surface area (Å²) in [5, 5.41) is 24.0. The Morgan fingerprint density at radius 2 is 1.32 bits per heavy atom. The molecule has 0 saturated heterocycles. The number of amides is 2. The van der Waals surface area contributed by atoms with Crippen LogP contribution in [0.5, 0.6) is 0 Å². The van der Waals surface area contributed by atoms with E-state index in [1.165, 1.54) is 18.4 Å². The Hall–Kier alpha value is -2.03. The van der Waals surface area contributed by atoms with Gasteiger partial charge >= 0.3 is 0 Å². The molecule has 0 heterocycles. The van der Waals surface area contributed by atoms with Gasteiger partial charge in [-0.3, -0.25) is 9.59 Å². The van der Waals surface area contributed by atoms with E-state index in [1.807, 2.05) is 53.2 Å². The fourth-order valence-electron chi connectivity index (χ4n) is 3.21. The van der Waals surface area contributed by atoms with Gasteiger partial charge in [0.05, 0.1) is 0 Å². The molecule has 244 valence electrons. The first-order valence-corrected chi connectivity index (χ1v) is 15.2. The molecule has 0 unspecified atom stereocenters. The molecule has 1 aliphatic rings. The van der Waals surface area contributed by atoms with Gasteiger partial charge in [-0.25, -0.2) is 0 Å². The zero-order valence-corrected chi connectivity index (χ0v) is 28.4. The maximum atomic E-state index is 12.3. The van der Waals surface area contributed by atoms with Crippen LogP contribution in [0.15, 0.2) is 23.8 Å². The molecular formula is C32H70N2O6. The Balaban J connectivity index is -0.000000135. The molecule has 0 atom stereocenters. The largest absolute Gasteiger partial charge is 0.400 e. The topological polar surface area (TPSA) is 127 Å². The van der Waals surface area contributed by atoms with Crippen molar-refractivity contribution >= 4 is 18.6 Å². The smallest absolute Gasteiger partial charge is 0.222 e. The van der Waals surface area contributed by atoms with Crippen molar-refractivity contribution in [2.75, 3.05) is 41.0 Å². The van der Waals surface area contributed by atoms with E-state index in [1.54, 1.807) is 0 Å². The third-order valence-electron chi connectivity index (χ3n) is 4.73. The maximum Gasteiger partial charge on any atom is 0.222 e. The van der Waals surface area contributed by atoms with Crippen LogP contribution in [0.3, 0.4) is 0 Å². The lowest BCUT2D eigenvalue weighted by Gasteiger charge is -2.22. The van der Waals surface area contributed by atoms with Crippen LogP contribution in [0.25, 0.3) is 0 Å². The minimum Gasteiger partial charge on any atom is -0.400 e. The maximum absolute atomic E-state index is 12.3. The number of carbonyl (C=O) groups is 3. The molecule has 0 radical (unpaired) electrons. The summed E-state index contributed by atoms with van der Waals surface area (Å²) in [5.74, 6) is 0.344. The first-order chi connectivity index (χ1) is 19.7. The molecule has 0 spiro atoms. The lowest BCUT2D eigenvalue weighted by Crippen LogP contribution is -2.33. The molecule has 1 aliphatic carbocycles. The summed E-state index contributed by atoms with van der Waals surface area (Å²) in [4.78, 5) is 34.3. The predicted octanol–water partition coefficient (Wildman–Crippen LogP) is 6.48. The quantitative estimate of drug-likeness (QED) is 0.175. The highest BCUT2D eigenvalue weighted by molar-refractivity contribution is 5.77. The first kappa shape index (κ1) is 54.1. The zero-order chi connectivity index (χ0) is 33.0. The molecular weight excluding hydrogens is 508 g/mol. The van der Waals surface area contributed by atoms with Crippen molar-refractivity contribution in [2.24, 2.45) is 0 Å². The fourth-order valence-corrected chi connectivity index (χ4v) is 3.21. The highest BCUT2D eigenvalue weighted by Gasteiger charge is 2.12. The summed E-state index contributed by atoms with van der Waals surface area (Å²) >= 11 is 0. The average molecular weight is 579 g/mol. The number of hydrogen-bond acceptors (Lipinski definition) is 6. The Bertz CT molecular complexity index is 498. The third kappa shape index (κ3) is 45.9. The molecule has 0 saturated carbocycles. The number of unbranched alkanes of at least 4 members (excludes halogenated alkanes) is 3. The molecule has 0 fully saturated rings. The van der Waals surface area contributed by atoms with E-state index in [0.717, 1.165) is 72.8 Å². The average Bonchev–Trinajstić information content (AvgIpc) is 3.06. The van der Waals surface area contributed by atoms with E-state index in [0.29, 0.717) is 25.9 Å². The van der Waals surface area contributed by atoms with Crippen LogP contribution >= 0.6 is 0 Å². The second kappa shape index (κ2) is 61.1. The van der Waals surface area contributed by atoms with Gasteiger partial charge in [0.15, 0.2) is 0 Å². The number of nitrogens with zero attached hydrogens (tertiary/aromatic N) is 1. The Morgan fingerprint density at radius 1 is 0.775 bits per heavy atom. The van der Waals surface area contributed by atoms with Crippen molar-refractivity contribution < 1.29 is 29.7 Å². The molecule has 0 aromatic carbocycles. The molecule has 1 rings (SSSR count). The molecule has 0 bridgehead atoms. The number of nitrogens with one attached hydrogen (secondary N) is 1. The van der Waals surface area contributed by atoms with Gasteiger partial charge in [-0.05, 0) is 38.5 Å². The zero-order valence-electron chi connectivity index (χ0n) is 28.4. The van der Waals surface area contributed by atoms with Crippen LogP contribution in [-0.4, -0.2) is 79.8 Å². The number of aliphatic hydroxyl groups excluding tert-OH is 3. The summed E-state index contributed by atoms with van der Waals surface area (Å²) in [6, 6.07) is 0. The molecule has 40 heavy (non-hydrogen) atoms. The second-order valence-electron chi connectivity index (χ2n) is 7.15. The molecule has 8 nitrogen and oxygen atoms in total. The van der Waals surface area contributed by atoms with Gasteiger partial charge in [0, 0.05) is 53.8 Å². The van der Waals surface area contributed by atoms with Crippen molar-refractivity contribution in [2.45, 2.75) is 126 Å². The Labute approximate surface area is 249 Å².